The minimum absolute atomic E-state index is 0.0638. The van der Waals surface area contributed by atoms with E-state index in [1.54, 1.807) is 4.90 Å². The number of nitrogens with zero attached hydrogens (tertiary/aromatic N) is 4. The van der Waals surface area contributed by atoms with E-state index in [1.807, 2.05) is 0 Å². The van der Waals surface area contributed by atoms with Gasteiger partial charge < -0.3 is 9.32 Å². The van der Waals surface area contributed by atoms with Gasteiger partial charge in [-0.2, -0.15) is 0 Å². The molecule has 0 spiro atoms. The van der Waals surface area contributed by atoms with Crippen molar-refractivity contribution in [2.75, 3.05) is 24.6 Å². The van der Waals surface area contributed by atoms with Gasteiger partial charge >= 0.3 is 6.01 Å². The number of hydrogen-bond donors (Lipinski definition) is 0. The molecule has 1 aromatic heterocycles. The van der Waals surface area contributed by atoms with Crippen molar-refractivity contribution in [3.05, 3.63) is 41.8 Å². The molecular formula is C17H17F3N4O3. The molecule has 1 aromatic carbocycles. The van der Waals surface area contributed by atoms with Gasteiger partial charge in [0.15, 0.2) is 0 Å². The van der Waals surface area contributed by atoms with Crippen LogP contribution in [-0.4, -0.2) is 47.0 Å². The average molecular weight is 382 g/mol. The molecule has 0 aliphatic carbocycles. The summed E-state index contributed by atoms with van der Waals surface area (Å²) in [5, 5.41) is 8.36. The average Bonchev–Trinajstić information content (AvgIpc) is 3.32. The van der Waals surface area contributed by atoms with E-state index in [-0.39, 0.29) is 31.2 Å². The van der Waals surface area contributed by atoms with Crippen molar-refractivity contribution in [2.24, 2.45) is 5.92 Å². The Hall–Kier alpha value is -2.62. The first-order valence-electron chi connectivity index (χ1n) is 8.60. The number of rotatable bonds is 3. The van der Waals surface area contributed by atoms with E-state index in [1.165, 1.54) is 0 Å². The molecule has 2 aliphatic heterocycles. The smallest absolute Gasteiger partial charge is 0.318 e. The number of alkyl halides is 1. The summed E-state index contributed by atoms with van der Waals surface area (Å²) in [5.41, 5.74) is 0.289. The standard InChI is InChI=1S/C17H17F3N4O3/c18-11-5-10(6-12(19)7-11)15-2-4-27-24(15)16(25)13-1-3-23(8-14(13)20)17-22-21-9-26-17/h5-7,9,13-15H,1-4,8H2/t13-,14+,15+/m0/s1. The van der Waals surface area contributed by atoms with Gasteiger partial charge in [-0.25, -0.2) is 18.2 Å². The third kappa shape index (κ3) is 3.48. The van der Waals surface area contributed by atoms with Crippen LogP contribution < -0.4 is 4.90 Å². The van der Waals surface area contributed by atoms with Crippen LogP contribution >= 0.6 is 0 Å². The quantitative estimate of drug-likeness (QED) is 0.812. The van der Waals surface area contributed by atoms with Crippen LogP contribution in [0.15, 0.2) is 29.0 Å². The van der Waals surface area contributed by atoms with Gasteiger partial charge in [0.1, 0.15) is 17.8 Å². The molecule has 0 radical (unpaired) electrons. The summed E-state index contributed by atoms with van der Waals surface area (Å²) < 4.78 is 46.8. The normalized spacial score (nSPS) is 25.8. The van der Waals surface area contributed by atoms with Gasteiger partial charge in [0.25, 0.3) is 5.91 Å². The fraction of sp³-hybridized carbons (Fsp3) is 0.471. The molecule has 2 aromatic rings. The number of benzene rings is 1. The van der Waals surface area contributed by atoms with Crippen molar-refractivity contribution in [1.82, 2.24) is 15.3 Å². The van der Waals surface area contributed by atoms with E-state index in [4.69, 9.17) is 9.25 Å². The molecule has 2 saturated heterocycles. The highest BCUT2D eigenvalue weighted by Gasteiger charge is 2.42. The molecule has 7 nitrogen and oxygen atoms in total. The van der Waals surface area contributed by atoms with Crippen molar-refractivity contribution in [3.8, 4) is 0 Å². The highest BCUT2D eigenvalue weighted by atomic mass is 19.1. The fourth-order valence-corrected chi connectivity index (χ4v) is 3.58. The first-order valence-corrected chi connectivity index (χ1v) is 8.60. The molecule has 27 heavy (non-hydrogen) atoms. The lowest BCUT2D eigenvalue weighted by Crippen LogP contribution is -2.48. The van der Waals surface area contributed by atoms with E-state index in [2.05, 4.69) is 10.2 Å². The maximum absolute atomic E-state index is 14.7. The van der Waals surface area contributed by atoms with Crippen LogP contribution in [0.4, 0.5) is 19.2 Å². The third-order valence-electron chi connectivity index (χ3n) is 4.87. The fourth-order valence-electron chi connectivity index (χ4n) is 3.58. The molecule has 10 heteroatoms. The van der Waals surface area contributed by atoms with Gasteiger partial charge in [-0.15, -0.1) is 5.10 Å². The zero-order valence-electron chi connectivity index (χ0n) is 14.2. The zero-order chi connectivity index (χ0) is 19.0. The first-order chi connectivity index (χ1) is 13.0. The lowest BCUT2D eigenvalue weighted by molar-refractivity contribution is -0.184. The van der Waals surface area contributed by atoms with Crippen LogP contribution in [0.25, 0.3) is 0 Å². The number of anilines is 1. The van der Waals surface area contributed by atoms with Crippen LogP contribution in [0.5, 0.6) is 0 Å². The molecule has 0 saturated carbocycles. The summed E-state index contributed by atoms with van der Waals surface area (Å²) in [7, 11) is 0. The number of amides is 1. The second kappa shape index (κ2) is 7.18. The monoisotopic (exact) mass is 382 g/mol. The van der Waals surface area contributed by atoms with Gasteiger partial charge in [-0.3, -0.25) is 9.63 Å². The summed E-state index contributed by atoms with van der Waals surface area (Å²) in [4.78, 5) is 19.8. The number of carbonyl (C=O) groups is 1. The SMILES string of the molecule is O=C([C@H]1CCN(c2nnco2)C[C@H]1F)N1OCC[C@@H]1c1cc(F)cc(F)c1. The van der Waals surface area contributed by atoms with Gasteiger partial charge in [-0.05, 0) is 24.1 Å². The van der Waals surface area contributed by atoms with E-state index in [0.717, 1.165) is 29.7 Å². The van der Waals surface area contributed by atoms with E-state index >= 15 is 0 Å². The van der Waals surface area contributed by atoms with Crippen molar-refractivity contribution < 1.29 is 27.2 Å². The van der Waals surface area contributed by atoms with E-state index in [9.17, 15) is 18.0 Å². The number of piperidine rings is 1. The van der Waals surface area contributed by atoms with Gasteiger partial charge in [-0.1, -0.05) is 5.10 Å². The zero-order valence-corrected chi connectivity index (χ0v) is 14.2. The minimum Gasteiger partial charge on any atom is -0.411 e. The van der Waals surface area contributed by atoms with E-state index < -0.39 is 35.7 Å². The molecule has 2 aliphatic rings. The Morgan fingerprint density at radius 3 is 2.63 bits per heavy atom. The molecular weight excluding hydrogens is 365 g/mol. The second-order valence-electron chi connectivity index (χ2n) is 6.58. The van der Waals surface area contributed by atoms with Crippen LogP contribution in [0.1, 0.15) is 24.4 Å². The van der Waals surface area contributed by atoms with Gasteiger partial charge in [0.05, 0.1) is 25.1 Å². The molecule has 0 unspecified atom stereocenters. The van der Waals surface area contributed by atoms with Crippen molar-refractivity contribution in [3.63, 3.8) is 0 Å². The van der Waals surface area contributed by atoms with Crippen LogP contribution in [0.2, 0.25) is 0 Å². The molecule has 144 valence electrons. The second-order valence-corrected chi connectivity index (χ2v) is 6.58. The first kappa shape index (κ1) is 17.8. The number of carbonyl (C=O) groups excluding carboxylic acids is 1. The number of halogens is 3. The molecule has 2 fully saturated rings. The summed E-state index contributed by atoms with van der Waals surface area (Å²) in [6.45, 7) is 0.518. The molecule has 1 amide bonds. The van der Waals surface area contributed by atoms with Crippen molar-refractivity contribution in [1.29, 1.82) is 0 Å². The summed E-state index contributed by atoms with van der Waals surface area (Å²) >= 11 is 0. The molecule has 0 N–H and O–H groups in total. The molecule has 3 atom stereocenters. The number of hydrogen-bond acceptors (Lipinski definition) is 6. The highest BCUT2D eigenvalue weighted by molar-refractivity contribution is 5.79. The van der Waals surface area contributed by atoms with Crippen LogP contribution in [-0.2, 0) is 9.63 Å². The molecule has 3 heterocycles. The molecule has 0 bridgehead atoms. The summed E-state index contributed by atoms with van der Waals surface area (Å²) in [6, 6.07) is 2.63. The van der Waals surface area contributed by atoms with Gasteiger partial charge in [0.2, 0.25) is 6.39 Å². The Bertz CT molecular complexity index is 800. The number of hydroxylamine groups is 2. The summed E-state index contributed by atoms with van der Waals surface area (Å²) in [6.07, 6.45) is 0.298. The van der Waals surface area contributed by atoms with Crippen LogP contribution in [0, 0.1) is 17.6 Å². The minimum atomic E-state index is -1.47. The van der Waals surface area contributed by atoms with Crippen molar-refractivity contribution >= 4 is 11.9 Å². The summed E-state index contributed by atoms with van der Waals surface area (Å²) in [5.74, 6) is -2.91. The molecule has 4 rings (SSSR count). The Labute approximate surface area is 152 Å². The lowest BCUT2D eigenvalue weighted by atomic mass is 9.93. The Morgan fingerprint density at radius 2 is 1.96 bits per heavy atom. The Morgan fingerprint density at radius 1 is 1.19 bits per heavy atom. The maximum Gasteiger partial charge on any atom is 0.318 e. The maximum atomic E-state index is 14.7. The highest BCUT2D eigenvalue weighted by Crippen LogP contribution is 2.35. The predicted octanol–water partition coefficient (Wildman–Crippen LogP) is 2.42. The van der Waals surface area contributed by atoms with Gasteiger partial charge in [0, 0.05) is 19.0 Å². The largest absolute Gasteiger partial charge is 0.411 e. The van der Waals surface area contributed by atoms with E-state index in [0.29, 0.717) is 13.0 Å². The topological polar surface area (TPSA) is 71.7 Å². The Balaban J connectivity index is 1.48. The third-order valence-corrected chi connectivity index (χ3v) is 4.87. The number of aromatic nitrogens is 2. The predicted molar refractivity (Wildman–Crippen MR) is 86.0 cm³/mol. The van der Waals surface area contributed by atoms with Crippen molar-refractivity contribution in [2.45, 2.75) is 25.1 Å². The Kier molecular flexibility index (Phi) is 4.73. The lowest BCUT2D eigenvalue weighted by Gasteiger charge is -2.35. The van der Waals surface area contributed by atoms with Crippen LogP contribution in [0.3, 0.4) is 0 Å².